The van der Waals surface area contributed by atoms with Crippen molar-refractivity contribution in [2.45, 2.75) is 33.0 Å². The Kier molecular flexibility index (Phi) is 5.67. The van der Waals surface area contributed by atoms with E-state index in [4.69, 9.17) is 14.7 Å². The van der Waals surface area contributed by atoms with Crippen LogP contribution >= 0.6 is 15.9 Å². The van der Waals surface area contributed by atoms with E-state index in [1.165, 1.54) is 5.56 Å². The second-order valence-corrected chi connectivity index (χ2v) is 7.91. The van der Waals surface area contributed by atoms with E-state index in [0.29, 0.717) is 0 Å². The summed E-state index contributed by atoms with van der Waals surface area (Å²) in [6, 6.07) is 8.15. The smallest absolute Gasteiger partial charge is 0.229 e. The van der Waals surface area contributed by atoms with Crippen LogP contribution in [0.1, 0.15) is 19.4 Å². The molecular weight excluding hydrogens is 394 g/mol. The van der Waals surface area contributed by atoms with Crippen LogP contribution in [0.5, 0.6) is 0 Å². The van der Waals surface area contributed by atoms with Crippen LogP contribution in [0.4, 0.5) is 23.3 Å². The molecule has 0 radical (unpaired) electrons. The van der Waals surface area contributed by atoms with Gasteiger partial charge in [-0.1, -0.05) is 22.0 Å². The molecule has 0 amide bonds. The average molecular weight is 420 g/mol. The molecule has 1 aromatic heterocycles. The highest BCUT2D eigenvalue weighted by Gasteiger charge is 2.25. The molecule has 1 saturated heterocycles. The Hall–Kier alpha value is -1.86. The van der Waals surface area contributed by atoms with Gasteiger partial charge in [-0.05, 0) is 38.5 Å². The molecule has 6 nitrogen and oxygen atoms in total. The van der Waals surface area contributed by atoms with Gasteiger partial charge < -0.3 is 19.9 Å². The minimum atomic E-state index is 0.162. The van der Waals surface area contributed by atoms with Crippen LogP contribution in [0.3, 0.4) is 0 Å². The molecule has 140 valence electrons. The minimum Gasteiger partial charge on any atom is -0.372 e. The number of halogens is 1. The normalized spacial score (nSPS) is 20.2. The van der Waals surface area contributed by atoms with Gasteiger partial charge in [-0.3, -0.25) is 0 Å². The maximum atomic E-state index is 5.84. The zero-order valence-electron chi connectivity index (χ0n) is 16.0. The van der Waals surface area contributed by atoms with Gasteiger partial charge >= 0.3 is 0 Å². The van der Waals surface area contributed by atoms with Crippen molar-refractivity contribution in [1.29, 1.82) is 0 Å². The lowest BCUT2D eigenvalue weighted by atomic mass is 10.2. The van der Waals surface area contributed by atoms with Crippen molar-refractivity contribution in [3.05, 3.63) is 34.3 Å². The van der Waals surface area contributed by atoms with Crippen LogP contribution in [0.25, 0.3) is 0 Å². The Bertz CT molecular complexity index is 773. The molecule has 0 bridgehead atoms. The quantitative estimate of drug-likeness (QED) is 0.808. The summed E-state index contributed by atoms with van der Waals surface area (Å²) in [4.78, 5) is 13.7. The van der Waals surface area contributed by atoms with Crippen LogP contribution in [0.2, 0.25) is 0 Å². The van der Waals surface area contributed by atoms with E-state index in [9.17, 15) is 0 Å². The Morgan fingerprint density at radius 1 is 1.15 bits per heavy atom. The topological polar surface area (TPSA) is 53.5 Å². The third kappa shape index (κ3) is 4.45. The second-order valence-electron chi connectivity index (χ2n) is 7.06. The second kappa shape index (κ2) is 7.80. The molecule has 2 unspecified atom stereocenters. The van der Waals surface area contributed by atoms with Gasteiger partial charge in [0.2, 0.25) is 5.95 Å². The number of aryl methyl sites for hydroxylation is 1. The molecule has 1 N–H and O–H groups in total. The van der Waals surface area contributed by atoms with Crippen molar-refractivity contribution in [1.82, 2.24) is 9.97 Å². The molecule has 3 rings (SSSR count). The predicted molar refractivity (Wildman–Crippen MR) is 111 cm³/mol. The Labute approximate surface area is 163 Å². The maximum absolute atomic E-state index is 5.84. The summed E-state index contributed by atoms with van der Waals surface area (Å²) in [5.74, 6) is 2.38. The number of benzene rings is 1. The van der Waals surface area contributed by atoms with E-state index < -0.39 is 0 Å². The first kappa shape index (κ1) is 18.9. The molecule has 0 saturated carbocycles. The largest absolute Gasteiger partial charge is 0.372 e. The third-order valence-electron chi connectivity index (χ3n) is 4.31. The molecule has 7 heteroatoms. The highest BCUT2D eigenvalue weighted by Crippen LogP contribution is 2.26. The van der Waals surface area contributed by atoms with Crippen molar-refractivity contribution >= 4 is 39.2 Å². The van der Waals surface area contributed by atoms with Crippen LogP contribution < -0.4 is 15.1 Å². The first-order chi connectivity index (χ1) is 12.3. The highest BCUT2D eigenvalue weighted by molar-refractivity contribution is 9.10. The average Bonchev–Trinajstić information content (AvgIpc) is 2.57. The summed E-state index contributed by atoms with van der Waals surface area (Å²) in [6.45, 7) is 7.82. The van der Waals surface area contributed by atoms with Gasteiger partial charge in [0.15, 0.2) is 0 Å². The van der Waals surface area contributed by atoms with Gasteiger partial charge in [0.1, 0.15) is 11.6 Å². The van der Waals surface area contributed by atoms with Crippen molar-refractivity contribution in [2.24, 2.45) is 0 Å². The number of nitrogens with zero attached hydrogens (tertiary/aromatic N) is 4. The van der Waals surface area contributed by atoms with Gasteiger partial charge in [0, 0.05) is 43.4 Å². The Balaban J connectivity index is 1.92. The lowest BCUT2D eigenvalue weighted by Crippen LogP contribution is -2.46. The van der Waals surface area contributed by atoms with Crippen LogP contribution in [-0.4, -0.2) is 49.4 Å². The fourth-order valence-electron chi connectivity index (χ4n) is 3.02. The van der Waals surface area contributed by atoms with E-state index in [1.807, 2.05) is 25.1 Å². The standard InChI is InChI=1S/C19H26BrN5O/c1-12-6-7-15(8-16(12)20)21-17-9-18(24(4)5)23-19(22-17)25-10-13(2)26-14(3)11-25/h6-9,13-14H,10-11H2,1-5H3,(H,21,22,23). The summed E-state index contributed by atoms with van der Waals surface area (Å²) in [7, 11) is 3.98. The first-order valence-corrected chi connectivity index (χ1v) is 9.61. The third-order valence-corrected chi connectivity index (χ3v) is 5.16. The number of morpholine rings is 1. The zero-order chi connectivity index (χ0) is 18.8. The lowest BCUT2D eigenvalue weighted by Gasteiger charge is -2.35. The van der Waals surface area contributed by atoms with E-state index in [0.717, 1.165) is 40.8 Å². The summed E-state index contributed by atoms with van der Waals surface area (Å²) in [5, 5.41) is 3.40. The summed E-state index contributed by atoms with van der Waals surface area (Å²) < 4.78 is 6.91. The lowest BCUT2D eigenvalue weighted by molar-refractivity contribution is -0.00570. The molecule has 1 fully saturated rings. The van der Waals surface area contributed by atoms with Crippen molar-refractivity contribution in [3.8, 4) is 0 Å². The highest BCUT2D eigenvalue weighted by atomic mass is 79.9. The number of ether oxygens (including phenoxy) is 1. The zero-order valence-corrected chi connectivity index (χ0v) is 17.5. The number of rotatable bonds is 4. The maximum Gasteiger partial charge on any atom is 0.229 e. The predicted octanol–water partition coefficient (Wildman–Crippen LogP) is 3.97. The van der Waals surface area contributed by atoms with Gasteiger partial charge in [-0.15, -0.1) is 0 Å². The summed E-state index contributed by atoms with van der Waals surface area (Å²) in [6.07, 6.45) is 0.324. The molecule has 0 aliphatic carbocycles. The monoisotopic (exact) mass is 419 g/mol. The molecule has 1 aliphatic rings. The molecule has 26 heavy (non-hydrogen) atoms. The molecule has 2 atom stereocenters. The number of hydrogen-bond donors (Lipinski definition) is 1. The first-order valence-electron chi connectivity index (χ1n) is 8.82. The van der Waals surface area contributed by atoms with Crippen molar-refractivity contribution in [3.63, 3.8) is 0 Å². The summed E-state index contributed by atoms with van der Waals surface area (Å²) >= 11 is 3.58. The van der Waals surface area contributed by atoms with Crippen molar-refractivity contribution in [2.75, 3.05) is 42.3 Å². The van der Waals surface area contributed by atoms with Crippen molar-refractivity contribution < 1.29 is 4.74 Å². The Morgan fingerprint density at radius 3 is 2.46 bits per heavy atom. The van der Waals surface area contributed by atoms with E-state index >= 15 is 0 Å². The number of hydrogen-bond acceptors (Lipinski definition) is 6. The van der Waals surface area contributed by atoms with Crippen LogP contribution in [0.15, 0.2) is 28.7 Å². The molecule has 2 heterocycles. The Morgan fingerprint density at radius 2 is 1.85 bits per heavy atom. The van der Waals surface area contributed by atoms with E-state index in [2.05, 4.69) is 65.1 Å². The molecule has 1 aromatic carbocycles. The van der Waals surface area contributed by atoms with Crippen LogP contribution in [-0.2, 0) is 4.74 Å². The number of anilines is 4. The molecule has 0 spiro atoms. The van der Waals surface area contributed by atoms with Gasteiger partial charge in [-0.25, -0.2) is 0 Å². The van der Waals surface area contributed by atoms with E-state index in [1.54, 1.807) is 0 Å². The SMILES string of the molecule is Cc1ccc(Nc2cc(N(C)C)nc(N3CC(C)OC(C)C3)n2)cc1Br. The van der Waals surface area contributed by atoms with Gasteiger partial charge in [-0.2, -0.15) is 9.97 Å². The van der Waals surface area contributed by atoms with Crippen LogP contribution in [0, 0.1) is 6.92 Å². The summed E-state index contributed by atoms with van der Waals surface area (Å²) in [5.41, 5.74) is 2.18. The molecule has 2 aromatic rings. The minimum absolute atomic E-state index is 0.162. The fourth-order valence-corrected chi connectivity index (χ4v) is 3.40. The van der Waals surface area contributed by atoms with Gasteiger partial charge in [0.25, 0.3) is 0 Å². The number of nitrogens with one attached hydrogen (secondary N) is 1. The fraction of sp³-hybridized carbons (Fsp3) is 0.474. The molecule has 1 aliphatic heterocycles. The number of aromatic nitrogens is 2. The van der Waals surface area contributed by atoms with E-state index in [-0.39, 0.29) is 12.2 Å². The molecular formula is C19H26BrN5O. The van der Waals surface area contributed by atoms with Gasteiger partial charge in [0.05, 0.1) is 12.2 Å².